The Hall–Kier alpha value is -2.04. The molecule has 1 N–H and O–H groups in total. The number of carbonyl (C=O) groups is 1. The quantitative estimate of drug-likeness (QED) is 0.851. The van der Waals surface area contributed by atoms with Crippen molar-refractivity contribution in [2.75, 3.05) is 19.7 Å². The third kappa shape index (κ3) is 3.83. The zero-order valence-electron chi connectivity index (χ0n) is 15.6. The Balaban J connectivity index is 1.48. The van der Waals surface area contributed by atoms with Gasteiger partial charge in [0, 0.05) is 30.6 Å². The summed E-state index contributed by atoms with van der Waals surface area (Å²) in [6.07, 6.45) is 2.86. The second-order valence-electron chi connectivity index (χ2n) is 7.35. The fourth-order valence-corrected chi connectivity index (χ4v) is 4.38. The van der Waals surface area contributed by atoms with Crippen LogP contribution < -0.4 is 10.1 Å². The first-order chi connectivity index (χ1) is 13.2. The highest BCUT2D eigenvalue weighted by atomic mass is 35.5. The number of halogens is 1. The van der Waals surface area contributed by atoms with Gasteiger partial charge in [-0.25, -0.2) is 0 Å². The van der Waals surface area contributed by atoms with E-state index in [1.807, 2.05) is 6.07 Å². The number of ether oxygens (including phenoxy) is 1. The van der Waals surface area contributed by atoms with E-state index in [-0.39, 0.29) is 5.91 Å². The molecule has 0 fully saturated rings. The van der Waals surface area contributed by atoms with Crippen LogP contribution in [-0.4, -0.2) is 36.5 Å². The van der Waals surface area contributed by atoms with Gasteiger partial charge in [0.2, 0.25) is 0 Å². The lowest BCUT2D eigenvalue weighted by molar-refractivity contribution is 0.0922. The highest BCUT2D eigenvalue weighted by Gasteiger charge is 2.27. The first kappa shape index (κ1) is 18.3. The van der Waals surface area contributed by atoms with Gasteiger partial charge in [0.05, 0.1) is 12.2 Å². The van der Waals surface area contributed by atoms with Crippen molar-refractivity contribution in [3.05, 3.63) is 63.7 Å². The molecular formula is C22H25ClN2O2. The minimum atomic E-state index is -0.106. The summed E-state index contributed by atoms with van der Waals surface area (Å²) in [6, 6.07) is 12.5. The molecule has 5 heteroatoms. The van der Waals surface area contributed by atoms with Crippen molar-refractivity contribution >= 4 is 17.5 Å². The van der Waals surface area contributed by atoms with Crippen molar-refractivity contribution in [1.82, 2.24) is 10.2 Å². The number of hydrogen-bond donors (Lipinski definition) is 1. The molecule has 2 aliphatic heterocycles. The predicted molar refractivity (Wildman–Crippen MR) is 108 cm³/mol. The van der Waals surface area contributed by atoms with Crippen LogP contribution in [0.5, 0.6) is 5.75 Å². The van der Waals surface area contributed by atoms with Crippen molar-refractivity contribution in [1.29, 1.82) is 0 Å². The molecule has 0 radical (unpaired) electrons. The number of fused-ring (bicyclic) bond motifs is 2. The summed E-state index contributed by atoms with van der Waals surface area (Å²) >= 11 is 6.20. The molecule has 0 saturated heterocycles. The second-order valence-corrected chi connectivity index (χ2v) is 7.78. The maximum absolute atomic E-state index is 12.8. The van der Waals surface area contributed by atoms with E-state index in [9.17, 15) is 4.79 Å². The molecule has 2 heterocycles. The van der Waals surface area contributed by atoms with Gasteiger partial charge >= 0.3 is 0 Å². The van der Waals surface area contributed by atoms with Gasteiger partial charge in [0.15, 0.2) is 0 Å². The Morgan fingerprint density at radius 2 is 2.07 bits per heavy atom. The van der Waals surface area contributed by atoms with E-state index in [0.29, 0.717) is 35.5 Å². The third-order valence-corrected chi connectivity index (χ3v) is 5.68. The molecule has 0 bridgehead atoms. The van der Waals surface area contributed by atoms with Gasteiger partial charge in [-0.1, -0.05) is 42.8 Å². The van der Waals surface area contributed by atoms with Gasteiger partial charge in [-0.05, 0) is 48.2 Å². The van der Waals surface area contributed by atoms with Crippen LogP contribution >= 0.6 is 11.6 Å². The third-order valence-electron chi connectivity index (χ3n) is 5.47. The summed E-state index contributed by atoms with van der Waals surface area (Å²) in [6.45, 7) is 5.40. The molecule has 142 valence electrons. The lowest BCUT2D eigenvalue weighted by atomic mass is 9.93. The van der Waals surface area contributed by atoms with Gasteiger partial charge in [0.1, 0.15) is 5.75 Å². The normalized spacial score (nSPS) is 18.5. The van der Waals surface area contributed by atoms with Gasteiger partial charge in [0.25, 0.3) is 5.91 Å². The van der Waals surface area contributed by atoms with Crippen molar-refractivity contribution in [2.45, 2.75) is 38.8 Å². The van der Waals surface area contributed by atoms with E-state index >= 15 is 0 Å². The topological polar surface area (TPSA) is 41.6 Å². The fourth-order valence-electron chi connectivity index (χ4n) is 4.14. The highest BCUT2D eigenvalue weighted by Crippen LogP contribution is 2.33. The van der Waals surface area contributed by atoms with Crippen LogP contribution in [0.25, 0.3) is 0 Å². The molecular weight excluding hydrogens is 360 g/mol. The Morgan fingerprint density at radius 1 is 1.26 bits per heavy atom. The highest BCUT2D eigenvalue weighted by molar-refractivity contribution is 6.31. The predicted octanol–water partition coefficient (Wildman–Crippen LogP) is 3.84. The van der Waals surface area contributed by atoms with Crippen LogP contribution in [0.2, 0.25) is 5.02 Å². The molecule has 2 aromatic rings. The summed E-state index contributed by atoms with van der Waals surface area (Å²) in [5, 5.41) is 3.71. The fraction of sp³-hybridized carbons (Fsp3) is 0.409. The maximum atomic E-state index is 12.8. The number of hydrogen-bond acceptors (Lipinski definition) is 3. The Bertz CT molecular complexity index is 852. The van der Waals surface area contributed by atoms with Gasteiger partial charge in [-0.15, -0.1) is 0 Å². The van der Waals surface area contributed by atoms with Gasteiger partial charge in [-0.3, -0.25) is 9.69 Å². The summed E-state index contributed by atoms with van der Waals surface area (Å²) in [5.41, 5.74) is 4.35. The van der Waals surface area contributed by atoms with Crippen LogP contribution in [-0.2, 0) is 19.4 Å². The van der Waals surface area contributed by atoms with Crippen molar-refractivity contribution in [3.8, 4) is 5.75 Å². The largest absolute Gasteiger partial charge is 0.492 e. The smallest absolute Gasteiger partial charge is 0.255 e. The summed E-state index contributed by atoms with van der Waals surface area (Å²) in [7, 11) is 0. The maximum Gasteiger partial charge on any atom is 0.255 e. The molecule has 1 atom stereocenters. The van der Waals surface area contributed by atoms with Crippen LogP contribution in [0.4, 0.5) is 0 Å². The molecule has 1 amide bonds. The van der Waals surface area contributed by atoms with Crippen molar-refractivity contribution in [3.63, 3.8) is 0 Å². The SMILES string of the molecule is CCCN1Cc2ccccc2C[C@H]1CNC(=O)c1cc(Cl)cc2c1OCC2. The standard InChI is InChI=1S/C22H25ClN2O2/c1-2-8-25-14-17-6-4-3-5-15(17)11-19(25)13-24-22(26)20-12-18(23)10-16-7-9-27-21(16)20/h3-6,10,12,19H,2,7-9,11,13-14H2,1H3,(H,24,26)/t19-/m0/s1. The molecule has 4 rings (SSSR count). The minimum Gasteiger partial charge on any atom is -0.492 e. The molecule has 0 aliphatic carbocycles. The zero-order chi connectivity index (χ0) is 18.8. The lowest BCUT2D eigenvalue weighted by Crippen LogP contribution is -2.47. The number of amides is 1. The average molecular weight is 385 g/mol. The van der Waals surface area contributed by atoms with E-state index in [0.717, 1.165) is 37.9 Å². The number of benzene rings is 2. The number of nitrogens with zero attached hydrogens (tertiary/aromatic N) is 1. The van der Waals surface area contributed by atoms with Crippen LogP contribution in [0.1, 0.15) is 40.4 Å². The van der Waals surface area contributed by atoms with E-state index in [1.165, 1.54) is 11.1 Å². The lowest BCUT2D eigenvalue weighted by Gasteiger charge is -2.37. The zero-order valence-corrected chi connectivity index (χ0v) is 16.4. The van der Waals surface area contributed by atoms with E-state index < -0.39 is 0 Å². The van der Waals surface area contributed by atoms with E-state index in [4.69, 9.17) is 16.3 Å². The minimum absolute atomic E-state index is 0.106. The van der Waals surface area contributed by atoms with Gasteiger partial charge in [-0.2, -0.15) is 0 Å². The van der Waals surface area contributed by atoms with Crippen molar-refractivity contribution in [2.24, 2.45) is 0 Å². The molecule has 2 aliphatic rings. The van der Waals surface area contributed by atoms with E-state index in [2.05, 4.69) is 41.4 Å². The molecule has 4 nitrogen and oxygen atoms in total. The Kier molecular flexibility index (Phi) is 5.37. The molecule has 0 unspecified atom stereocenters. The monoisotopic (exact) mass is 384 g/mol. The Labute approximate surface area is 165 Å². The van der Waals surface area contributed by atoms with E-state index in [1.54, 1.807) is 6.07 Å². The first-order valence-corrected chi connectivity index (χ1v) is 10.1. The molecule has 0 aromatic heterocycles. The molecule has 2 aromatic carbocycles. The van der Waals surface area contributed by atoms with Crippen LogP contribution in [0.3, 0.4) is 0 Å². The number of rotatable bonds is 5. The molecule has 0 saturated carbocycles. The first-order valence-electron chi connectivity index (χ1n) is 9.70. The summed E-state index contributed by atoms with van der Waals surface area (Å²) in [5.74, 6) is 0.585. The van der Waals surface area contributed by atoms with Gasteiger partial charge < -0.3 is 10.1 Å². The van der Waals surface area contributed by atoms with Crippen molar-refractivity contribution < 1.29 is 9.53 Å². The number of carbonyl (C=O) groups excluding carboxylic acids is 1. The average Bonchev–Trinajstić information content (AvgIpc) is 3.14. The number of nitrogens with one attached hydrogen (secondary N) is 1. The Morgan fingerprint density at radius 3 is 2.89 bits per heavy atom. The molecule has 0 spiro atoms. The summed E-state index contributed by atoms with van der Waals surface area (Å²) in [4.78, 5) is 15.3. The van der Waals surface area contributed by atoms with Crippen LogP contribution in [0, 0.1) is 0 Å². The van der Waals surface area contributed by atoms with Crippen LogP contribution in [0.15, 0.2) is 36.4 Å². The molecule has 27 heavy (non-hydrogen) atoms. The second kappa shape index (κ2) is 7.91. The summed E-state index contributed by atoms with van der Waals surface area (Å²) < 4.78 is 5.67.